The molecule has 5 aromatic rings. The van der Waals surface area contributed by atoms with E-state index in [1.807, 2.05) is 0 Å². The van der Waals surface area contributed by atoms with E-state index in [0.717, 1.165) is 30.3 Å². The van der Waals surface area contributed by atoms with Gasteiger partial charge in [0.2, 0.25) is 11.8 Å². The van der Waals surface area contributed by atoms with Gasteiger partial charge in [-0.05, 0) is 35.7 Å². The summed E-state index contributed by atoms with van der Waals surface area (Å²) in [5.41, 5.74) is -4.03. The molecule has 322 valence electrons. The number of azo groups is 3. The molecule has 1 aromatic heterocycles. The summed E-state index contributed by atoms with van der Waals surface area (Å²) >= 11 is 0. The monoisotopic (exact) mass is 909 g/mol. The van der Waals surface area contributed by atoms with Crippen molar-refractivity contribution in [2.24, 2.45) is 30.7 Å². The summed E-state index contributed by atoms with van der Waals surface area (Å²) in [5, 5.41) is 90.8. The van der Waals surface area contributed by atoms with Crippen molar-refractivity contribution in [1.82, 2.24) is 4.98 Å². The third-order valence-electron chi connectivity index (χ3n) is 7.62. The maximum Gasteiger partial charge on any atom is 0.338 e. The fraction of sp³-hybridized carbons (Fsp3) is 0.125. The number of pyridine rings is 1. The third-order valence-corrected chi connectivity index (χ3v) is 10.2. The zero-order valence-electron chi connectivity index (χ0n) is 30.0. The lowest BCUT2D eigenvalue weighted by atomic mass is 10.1. The SMILES string of the molecule is O=C(O)c1cc(O)nc(O)c1/N=N/c1ccc(/N=N/c2cc(OCCO)c(/N=N/c3c(S(=O)(=O)O)cc4cc(S(=O)(=O)O)cc(O)c4c3O)cc2OCCO)c(S(=O)(=O)O)c1. The summed E-state index contributed by atoms with van der Waals surface area (Å²) in [4.78, 5) is 11.8. The number of carboxylic acids is 1. The Hall–Kier alpha value is -6.99. The molecule has 0 saturated carbocycles. The van der Waals surface area contributed by atoms with Crippen LogP contribution in [0.4, 0.5) is 34.1 Å². The molecule has 61 heavy (non-hydrogen) atoms. The molecule has 0 radical (unpaired) electrons. The largest absolute Gasteiger partial charge is 0.507 e. The third kappa shape index (κ3) is 10.4. The lowest BCUT2D eigenvalue weighted by Crippen LogP contribution is -2.04. The molecule has 10 N–H and O–H groups in total. The minimum Gasteiger partial charge on any atom is -0.507 e. The van der Waals surface area contributed by atoms with Crippen molar-refractivity contribution < 1.29 is 88.9 Å². The smallest absolute Gasteiger partial charge is 0.338 e. The summed E-state index contributed by atoms with van der Waals surface area (Å²) in [6, 6.07) is 7.30. The predicted molar refractivity (Wildman–Crippen MR) is 202 cm³/mol. The Morgan fingerprint density at radius 1 is 0.623 bits per heavy atom. The van der Waals surface area contributed by atoms with Crippen molar-refractivity contribution in [3.8, 4) is 34.8 Å². The van der Waals surface area contributed by atoms with Gasteiger partial charge in [-0.2, -0.15) is 35.4 Å². The molecule has 0 aliphatic heterocycles. The highest BCUT2D eigenvalue weighted by molar-refractivity contribution is 7.86. The number of aromatic carboxylic acids is 1. The maximum absolute atomic E-state index is 12.4. The number of aromatic hydroxyl groups is 4. The minimum absolute atomic E-state index is 0.311. The number of aliphatic hydroxyl groups excluding tert-OH is 2. The summed E-state index contributed by atoms with van der Waals surface area (Å²) in [6.07, 6.45) is 0. The molecule has 0 amide bonds. The van der Waals surface area contributed by atoms with Crippen LogP contribution in [0.25, 0.3) is 10.8 Å². The van der Waals surface area contributed by atoms with Crippen LogP contribution in [0.5, 0.6) is 34.8 Å². The number of ether oxygens (including phenoxy) is 2. The summed E-state index contributed by atoms with van der Waals surface area (Å²) in [6.45, 7) is -2.05. The topological polar surface area (TPSA) is 427 Å². The summed E-state index contributed by atoms with van der Waals surface area (Å²) < 4.78 is 113. The maximum atomic E-state index is 12.4. The molecule has 4 aromatic carbocycles. The Labute approximate surface area is 341 Å². The number of hydrogen-bond acceptors (Lipinski definition) is 22. The fourth-order valence-corrected chi connectivity index (χ4v) is 6.90. The lowest BCUT2D eigenvalue weighted by molar-refractivity contribution is 0.0696. The van der Waals surface area contributed by atoms with Crippen LogP contribution in [0.3, 0.4) is 0 Å². The van der Waals surface area contributed by atoms with Gasteiger partial charge in [0.05, 0.1) is 34.7 Å². The number of benzene rings is 4. The average molecular weight is 910 g/mol. The standard InChI is InChI=1S/C32H27N7O19S3/c40-3-5-57-22-13-20(37-39-29-25(61(54,55)56)8-14-7-16(59(48,49)50)10-21(42)27(14)30(29)44)23(58-6-4-41)12-19(22)36-35-18-2-1-15(9-24(18)60(51,52)53)34-38-28-17(32(46)47)11-26(43)33-31(28)45/h1-2,7-13,40-42,44H,3-6H2,(H,46,47)(H2,33,43,45)(H,48,49,50)(H,51,52,53)(H,54,55,56)/b36-35+,38-34+,39-37+. The Balaban J connectivity index is 1.62. The second-order valence-corrected chi connectivity index (χ2v) is 15.9. The Morgan fingerprint density at radius 2 is 1.18 bits per heavy atom. The van der Waals surface area contributed by atoms with E-state index >= 15 is 0 Å². The van der Waals surface area contributed by atoms with Gasteiger partial charge in [-0.15, -0.1) is 25.6 Å². The van der Waals surface area contributed by atoms with Gasteiger partial charge in [-0.1, -0.05) is 0 Å². The number of hydrogen-bond donors (Lipinski definition) is 10. The molecule has 0 spiro atoms. The minimum atomic E-state index is -5.30. The van der Waals surface area contributed by atoms with E-state index in [1.54, 1.807) is 0 Å². The van der Waals surface area contributed by atoms with Crippen LogP contribution >= 0.6 is 0 Å². The van der Waals surface area contributed by atoms with E-state index in [-0.39, 0.29) is 28.6 Å². The van der Waals surface area contributed by atoms with E-state index < -0.39 is 134 Å². The fourth-order valence-electron chi connectivity index (χ4n) is 5.06. The highest BCUT2D eigenvalue weighted by atomic mass is 32.2. The molecule has 0 aliphatic rings. The first-order chi connectivity index (χ1) is 28.5. The Kier molecular flexibility index (Phi) is 13.1. The highest BCUT2D eigenvalue weighted by Crippen LogP contribution is 2.47. The van der Waals surface area contributed by atoms with Crippen molar-refractivity contribution in [3.63, 3.8) is 0 Å². The van der Waals surface area contributed by atoms with Crippen molar-refractivity contribution in [3.05, 3.63) is 60.2 Å². The van der Waals surface area contributed by atoms with Gasteiger partial charge in [0, 0.05) is 24.3 Å². The average Bonchev–Trinajstić information content (AvgIpc) is 3.16. The van der Waals surface area contributed by atoms with Gasteiger partial charge in [-0.25, -0.2) is 4.79 Å². The number of aliphatic hydroxyl groups is 2. The molecule has 0 fully saturated rings. The lowest BCUT2D eigenvalue weighted by Gasteiger charge is -2.13. The predicted octanol–water partition coefficient (Wildman–Crippen LogP) is 4.48. The zero-order valence-corrected chi connectivity index (χ0v) is 32.5. The molecule has 0 saturated heterocycles. The number of nitrogens with zero attached hydrogens (tertiary/aromatic N) is 7. The first kappa shape index (κ1) is 45.1. The molecule has 0 bridgehead atoms. The molecule has 26 nitrogen and oxygen atoms in total. The molecule has 0 aliphatic carbocycles. The number of rotatable bonds is 16. The van der Waals surface area contributed by atoms with Gasteiger partial charge < -0.3 is 45.2 Å². The van der Waals surface area contributed by atoms with Gasteiger partial charge in [0.15, 0.2) is 11.4 Å². The highest BCUT2D eigenvalue weighted by Gasteiger charge is 2.26. The quantitative estimate of drug-likeness (QED) is 0.0481. The van der Waals surface area contributed by atoms with Crippen molar-refractivity contribution in [2.75, 3.05) is 26.4 Å². The van der Waals surface area contributed by atoms with Crippen molar-refractivity contribution in [1.29, 1.82) is 0 Å². The van der Waals surface area contributed by atoms with Crippen LogP contribution in [0.2, 0.25) is 0 Å². The van der Waals surface area contributed by atoms with E-state index in [9.17, 15) is 79.5 Å². The Morgan fingerprint density at radius 3 is 1.72 bits per heavy atom. The van der Waals surface area contributed by atoms with E-state index in [1.165, 1.54) is 0 Å². The van der Waals surface area contributed by atoms with Crippen LogP contribution in [-0.2, 0) is 30.4 Å². The van der Waals surface area contributed by atoms with Crippen LogP contribution < -0.4 is 9.47 Å². The molecule has 1 heterocycles. The number of phenols is 2. The molecule has 29 heteroatoms. The second kappa shape index (κ2) is 17.7. The van der Waals surface area contributed by atoms with Crippen molar-refractivity contribution >= 4 is 81.2 Å². The Bertz CT molecular complexity index is 3020. The van der Waals surface area contributed by atoms with Crippen LogP contribution in [-0.4, -0.2) is 112 Å². The number of fused-ring (bicyclic) bond motifs is 1. The number of aromatic nitrogens is 1. The van der Waals surface area contributed by atoms with E-state index in [4.69, 9.17) is 9.47 Å². The van der Waals surface area contributed by atoms with Crippen LogP contribution in [0, 0.1) is 0 Å². The number of carbonyl (C=O) groups is 1. The summed E-state index contributed by atoms with van der Waals surface area (Å²) in [7, 11) is -15.4. The van der Waals surface area contributed by atoms with Gasteiger partial charge in [0.1, 0.15) is 63.0 Å². The molecule has 0 unspecified atom stereocenters. The number of phenolic OH excluding ortho intramolecular Hbond substituents is 2. The van der Waals surface area contributed by atoms with Crippen molar-refractivity contribution in [2.45, 2.75) is 14.7 Å². The van der Waals surface area contributed by atoms with Gasteiger partial charge in [-0.3, -0.25) is 13.7 Å². The van der Waals surface area contributed by atoms with Crippen LogP contribution in [0.15, 0.2) is 100.0 Å². The van der Waals surface area contributed by atoms with E-state index in [0.29, 0.717) is 24.3 Å². The van der Waals surface area contributed by atoms with Gasteiger partial charge >= 0.3 is 5.97 Å². The first-order valence-electron chi connectivity index (χ1n) is 16.2. The first-order valence-corrected chi connectivity index (χ1v) is 20.5. The second-order valence-electron chi connectivity index (χ2n) is 11.7. The molecule has 0 atom stereocenters. The van der Waals surface area contributed by atoms with Crippen LogP contribution in [0.1, 0.15) is 10.4 Å². The number of carboxylic acid groups (broad SMARTS) is 1. The summed E-state index contributed by atoms with van der Waals surface area (Å²) in [5.74, 6) is -6.30. The van der Waals surface area contributed by atoms with E-state index in [2.05, 4.69) is 35.7 Å². The van der Waals surface area contributed by atoms with Gasteiger partial charge in [0.25, 0.3) is 30.4 Å². The molecular formula is C32H27N7O19S3. The molecule has 5 rings (SSSR count). The molecular weight excluding hydrogens is 883 g/mol. The normalized spacial score (nSPS) is 12.5. The zero-order chi connectivity index (χ0) is 45.0.